The Morgan fingerprint density at radius 2 is 1.26 bits per heavy atom. The quantitative estimate of drug-likeness (QED) is 0.341. The van der Waals surface area contributed by atoms with Crippen LogP contribution in [0, 0.1) is 0 Å². The number of hydrogen-bond donors (Lipinski definition) is 1. The smallest absolute Gasteiger partial charge is 0.382 e. The molecule has 0 saturated carbocycles. The van der Waals surface area contributed by atoms with Crippen molar-refractivity contribution in [3.05, 3.63) is 95.1 Å². The van der Waals surface area contributed by atoms with Gasteiger partial charge in [-0.1, -0.05) is 42.5 Å². The molecule has 38 heavy (non-hydrogen) atoms. The van der Waals surface area contributed by atoms with Gasteiger partial charge >= 0.3 is 18.5 Å². The average molecular weight is 548 g/mol. The average Bonchev–Trinajstić information content (AvgIpc) is 2.84. The largest absolute Gasteiger partial charge is 0.416 e. The molecule has 3 aromatic carbocycles. The van der Waals surface area contributed by atoms with Crippen molar-refractivity contribution >= 4 is 11.4 Å². The number of para-hydroxylation sites is 2. The van der Waals surface area contributed by atoms with Gasteiger partial charge in [-0.25, -0.2) is 0 Å². The molecule has 0 saturated heterocycles. The molecular weight excluding hydrogens is 527 g/mol. The fraction of sp³-hybridized carbons (Fsp3) is 0.308. The van der Waals surface area contributed by atoms with Crippen molar-refractivity contribution in [3.8, 4) is 0 Å². The molecule has 3 nitrogen and oxygen atoms in total. The molecule has 2 atom stereocenters. The Hall–Kier alpha value is -3.41. The van der Waals surface area contributed by atoms with Crippen LogP contribution in [0.2, 0.25) is 0 Å². The number of aliphatic hydroxyl groups is 1. The summed E-state index contributed by atoms with van der Waals surface area (Å²) in [5, 5.41) is 9.85. The number of fused-ring (bicyclic) bond motifs is 1. The number of nitrogens with zero attached hydrogens (tertiary/aromatic N) is 2. The number of hydrogen-bond acceptors (Lipinski definition) is 3. The number of halogens is 9. The van der Waals surface area contributed by atoms with Gasteiger partial charge < -0.3 is 14.9 Å². The number of aliphatic hydroxyl groups excluding tert-OH is 1. The Bertz CT molecular complexity index is 1220. The molecule has 3 aromatic rings. The number of benzene rings is 3. The summed E-state index contributed by atoms with van der Waals surface area (Å²) in [5.74, 6) is 0. The number of rotatable bonds is 5. The van der Waals surface area contributed by atoms with Gasteiger partial charge in [-0.3, -0.25) is 0 Å². The lowest BCUT2D eigenvalue weighted by Crippen LogP contribution is -2.49. The maximum Gasteiger partial charge on any atom is 0.416 e. The van der Waals surface area contributed by atoms with Crippen molar-refractivity contribution in [3.63, 3.8) is 0 Å². The minimum atomic E-state index is -5.02. The van der Waals surface area contributed by atoms with E-state index in [9.17, 15) is 44.6 Å². The highest BCUT2D eigenvalue weighted by molar-refractivity contribution is 5.74. The standard InChI is InChI=1S/C26H21F9N2O/c27-24(28,29)18-10-16(11-19(12-18)25(30,31)32)13-36-14-22(17-6-2-1-3-7-17)37(15-23(38)26(33,34)35)21-9-5-4-8-20(21)36/h1-12,22-23,38H,13-15H2/t22-,23+/m0/s1. The topological polar surface area (TPSA) is 26.7 Å². The maximum absolute atomic E-state index is 13.4. The fourth-order valence-corrected chi connectivity index (χ4v) is 4.50. The van der Waals surface area contributed by atoms with Crippen molar-refractivity contribution in [2.45, 2.75) is 37.2 Å². The van der Waals surface area contributed by atoms with Gasteiger partial charge in [-0.05, 0) is 41.5 Å². The van der Waals surface area contributed by atoms with E-state index in [0.717, 1.165) is 0 Å². The van der Waals surface area contributed by atoms with Gasteiger partial charge in [0.05, 0.1) is 35.1 Å². The van der Waals surface area contributed by atoms with Crippen LogP contribution < -0.4 is 9.80 Å². The SMILES string of the molecule is O[C@H](CN1c2ccccc2N(Cc2cc(C(F)(F)F)cc(C(F)(F)F)c2)C[C@H]1c1ccccc1)C(F)(F)F. The zero-order chi connectivity index (χ0) is 27.9. The van der Waals surface area contributed by atoms with E-state index in [2.05, 4.69) is 0 Å². The second kappa shape index (κ2) is 10.0. The molecule has 0 bridgehead atoms. The molecule has 1 aliphatic rings. The first-order chi connectivity index (χ1) is 17.6. The summed E-state index contributed by atoms with van der Waals surface area (Å²) >= 11 is 0. The van der Waals surface area contributed by atoms with Crippen LogP contribution in [-0.4, -0.2) is 30.5 Å². The van der Waals surface area contributed by atoms with Crippen LogP contribution in [0.25, 0.3) is 0 Å². The Labute approximate surface area is 211 Å². The number of alkyl halides is 9. The molecule has 0 aromatic heterocycles. The predicted molar refractivity (Wildman–Crippen MR) is 123 cm³/mol. The molecule has 12 heteroatoms. The van der Waals surface area contributed by atoms with Gasteiger partial charge in [0.1, 0.15) is 0 Å². The highest BCUT2D eigenvalue weighted by atomic mass is 19.4. The van der Waals surface area contributed by atoms with Crippen molar-refractivity contribution in [2.24, 2.45) is 0 Å². The summed E-state index contributed by atoms with van der Waals surface area (Å²) in [6.07, 6.45) is -17.6. The van der Waals surface area contributed by atoms with E-state index in [1.807, 2.05) is 0 Å². The van der Waals surface area contributed by atoms with Crippen molar-refractivity contribution in [1.82, 2.24) is 0 Å². The van der Waals surface area contributed by atoms with Crippen LogP contribution in [0.5, 0.6) is 0 Å². The number of β-amino-alcohol motifs (C(OH)–C–C–N with tert-alkyl or cyclic N) is 1. The molecular formula is C26H21F9N2O. The third-order valence-corrected chi connectivity index (χ3v) is 6.25. The lowest BCUT2D eigenvalue weighted by Gasteiger charge is -2.45. The normalized spacial score (nSPS) is 17.4. The fourth-order valence-electron chi connectivity index (χ4n) is 4.50. The van der Waals surface area contributed by atoms with Crippen LogP contribution in [0.15, 0.2) is 72.8 Å². The van der Waals surface area contributed by atoms with Crippen molar-refractivity contribution in [1.29, 1.82) is 0 Å². The Balaban J connectivity index is 1.79. The second-order valence-corrected chi connectivity index (χ2v) is 8.92. The van der Waals surface area contributed by atoms with E-state index in [1.54, 1.807) is 42.5 Å². The van der Waals surface area contributed by atoms with E-state index in [0.29, 0.717) is 23.4 Å². The molecule has 4 rings (SSSR count). The van der Waals surface area contributed by atoms with Crippen LogP contribution >= 0.6 is 0 Å². The summed E-state index contributed by atoms with van der Waals surface area (Å²) in [6.45, 7) is -1.26. The van der Waals surface area contributed by atoms with Gasteiger partial charge in [-0.2, -0.15) is 39.5 Å². The molecule has 1 aliphatic heterocycles. The van der Waals surface area contributed by atoms with E-state index < -0.39 is 48.3 Å². The highest BCUT2D eigenvalue weighted by Crippen LogP contribution is 2.43. The lowest BCUT2D eigenvalue weighted by atomic mass is 9.97. The van der Waals surface area contributed by atoms with Gasteiger partial charge in [0.2, 0.25) is 0 Å². The third-order valence-electron chi connectivity index (χ3n) is 6.25. The molecule has 0 fully saturated rings. The summed E-state index contributed by atoms with van der Waals surface area (Å²) in [6, 6.07) is 14.9. The third kappa shape index (κ3) is 6.01. The first kappa shape index (κ1) is 27.6. The summed E-state index contributed by atoms with van der Waals surface area (Å²) in [5.41, 5.74) is -2.07. The van der Waals surface area contributed by atoms with Gasteiger partial charge in [0.15, 0.2) is 6.10 Å². The zero-order valence-electron chi connectivity index (χ0n) is 19.4. The molecule has 0 spiro atoms. The van der Waals surface area contributed by atoms with Crippen LogP contribution in [0.4, 0.5) is 50.9 Å². The Kier molecular flexibility index (Phi) is 7.30. The van der Waals surface area contributed by atoms with Crippen LogP contribution in [0.1, 0.15) is 28.3 Å². The Morgan fingerprint density at radius 3 is 1.79 bits per heavy atom. The lowest BCUT2D eigenvalue weighted by molar-refractivity contribution is -0.200. The monoisotopic (exact) mass is 548 g/mol. The van der Waals surface area contributed by atoms with Crippen LogP contribution in [-0.2, 0) is 18.9 Å². The second-order valence-electron chi connectivity index (χ2n) is 8.92. The van der Waals surface area contributed by atoms with Crippen molar-refractivity contribution in [2.75, 3.05) is 22.9 Å². The van der Waals surface area contributed by atoms with Gasteiger partial charge in [0, 0.05) is 13.1 Å². The molecule has 0 radical (unpaired) electrons. The van der Waals surface area contributed by atoms with E-state index in [1.165, 1.54) is 21.9 Å². The van der Waals surface area contributed by atoms with Gasteiger partial charge in [-0.15, -0.1) is 0 Å². The molecule has 0 unspecified atom stereocenters. The zero-order valence-corrected chi connectivity index (χ0v) is 19.4. The van der Waals surface area contributed by atoms with Crippen molar-refractivity contribution < 1.29 is 44.6 Å². The summed E-state index contributed by atoms with van der Waals surface area (Å²) in [4.78, 5) is 2.88. The predicted octanol–water partition coefficient (Wildman–Crippen LogP) is 7.22. The first-order valence-corrected chi connectivity index (χ1v) is 11.3. The Morgan fingerprint density at radius 1 is 0.737 bits per heavy atom. The highest BCUT2D eigenvalue weighted by Gasteiger charge is 2.43. The summed E-state index contributed by atoms with van der Waals surface area (Å²) < 4.78 is 120. The molecule has 0 aliphatic carbocycles. The molecule has 0 amide bonds. The number of anilines is 2. The van der Waals surface area contributed by atoms with Crippen LogP contribution in [0.3, 0.4) is 0 Å². The van der Waals surface area contributed by atoms with E-state index in [4.69, 9.17) is 0 Å². The molecule has 204 valence electrons. The van der Waals surface area contributed by atoms with Gasteiger partial charge in [0.25, 0.3) is 0 Å². The van der Waals surface area contributed by atoms with E-state index >= 15 is 0 Å². The minimum Gasteiger partial charge on any atom is -0.382 e. The minimum absolute atomic E-state index is 0.0423. The van der Waals surface area contributed by atoms with E-state index in [-0.39, 0.29) is 30.4 Å². The maximum atomic E-state index is 13.4. The summed E-state index contributed by atoms with van der Waals surface area (Å²) in [7, 11) is 0. The molecule has 1 N–H and O–H groups in total. The first-order valence-electron chi connectivity index (χ1n) is 11.3. The molecule has 1 heterocycles.